The Bertz CT molecular complexity index is 665. The van der Waals surface area contributed by atoms with Gasteiger partial charge in [0.25, 0.3) is 0 Å². The first-order valence-electron chi connectivity index (χ1n) is 7.74. The van der Waals surface area contributed by atoms with Gasteiger partial charge in [-0.15, -0.1) is 0 Å². The fourth-order valence-electron chi connectivity index (χ4n) is 2.56. The molecule has 1 aliphatic rings. The second-order valence-electron chi connectivity index (χ2n) is 5.43. The van der Waals surface area contributed by atoms with Crippen molar-refractivity contribution in [3.8, 4) is 17.1 Å². The van der Waals surface area contributed by atoms with E-state index in [4.69, 9.17) is 9.26 Å². The van der Waals surface area contributed by atoms with Crippen LogP contribution in [0.3, 0.4) is 0 Å². The van der Waals surface area contributed by atoms with Crippen LogP contribution >= 0.6 is 0 Å². The molecule has 0 bridgehead atoms. The normalized spacial score (nSPS) is 17.2. The van der Waals surface area contributed by atoms with Crippen LogP contribution in [0.15, 0.2) is 28.8 Å². The minimum Gasteiger partial charge on any atom is -0.497 e. The van der Waals surface area contributed by atoms with Crippen LogP contribution in [-0.2, 0) is 11.2 Å². The minimum atomic E-state index is -0.0648. The average molecular weight is 316 g/mol. The highest BCUT2D eigenvalue weighted by Gasteiger charge is 2.21. The Balaban J connectivity index is 1.53. The molecule has 1 amide bonds. The summed E-state index contributed by atoms with van der Waals surface area (Å²) >= 11 is 0. The van der Waals surface area contributed by atoms with Gasteiger partial charge in [0.15, 0.2) is 0 Å². The molecule has 1 aromatic carbocycles. The molecule has 2 heterocycles. The number of carbonyl (C=O) groups is 1. The molecule has 0 aliphatic carbocycles. The summed E-state index contributed by atoms with van der Waals surface area (Å²) in [6.45, 7) is 1.39. The molecular weight excluding hydrogens is 296 g/mol. The largest absolute Gasteiger partial charge is 0.497 e. The van der Waals surface area contributed by atoms with Gasteiger partial charge in [0, 0.05) is 18.5 Å². The molecule has 1 saturated heterocycles. The third-order valence-corrected chi connectivity index (χ3v) is 3.81. The van der Waals surface area contributed by atoms with Crippen molar-refractivity contribution in [3.05, 3.63) is 30.2 Å². The van der Waals surface area contributed by atoms with Gasteiger partial charge in [-0.25, -0.2) is 0 Å². The molecule has 1 aliphatic heterocycles. The molecule has 122 valence electrons. The predicted molar refractivity (Wildman–Crippen MR) is 84.0 cm³/mol. The van der Waals surface area contributed by atoms with Gasteiger partial charge in [-0.3, -0.25) is 4.79 Å². The number of hydrogen-bond acceptors (Lipinski definition) is 6. The Hall–Kier alpha value is -2.41. The predicted octanol–water partition coefficient (Wildman–Crippen LogP) is 1.16. The van der Waals surface area contributed by atoms with E-state index in [2.05, 4.69) is 20.8 Å². The quantitative estimate of drug-likeness (QED) is 0.831. The highest BCUT2D eigenvalue weighted by atomic mass is 16.5. The summed E-state index contributed by atoms with van der Waals surface area (Å²) in [5, 5.41) is 10.0. The summed E-state index contributed by atoms with van der Waals surface area (Å²) in [5.41, 5.74) is 0.832. The molecule has 1 fully saturated rings. The van der Waals surface area contributed by atoms with Gasteiger partial charge < -0.3 is 19.9 Å². The van der Waals surface area contributed by atoms with E-state index in [1.165, 1.54) is 0 Å². The Morgan fingerprint density at radius 2 is 2.43 bits per heavy atom. The van der Waals surface area contributed by atoms with Crippen LogP contribution in [-0.4, -0.2) is 42.3 Å². The van der Waals surface area contributed by atoms with Crippen LogP contribution < -0.4 is 15.4 Å². The SMILES string of the molecule is COc1cccc(-c2noc(CCNC(=O)C3CCCN3)n2)c1. The zero-order chi connectivity index (χ0) is 16.1. The number of rotatable bonds is 6. The van der Waals surface area contributed by atoms with E-state index < -0.39 is 0 Å². The number of nitrogens with one attached hydrogen (secondary N) is 2. The van der Waals surface area contributed by atoms with E-state index in [0.29, 0.717) is 24.7 Å². The van der Waals surface area contributed by atoms with Gasteiger partial charge >= 0.3 is 0 Å². The number of carbonyl (C=O) groups excluding carboxylic acids is 1. The van der Waals surface area contributed by atoms with Crippen molar-refractivity contribution >= 4 is 5.91 Å². The van der Waals surface area contributed by atoms with E-state index >= 15 is 0 Å². The summed E-state index contributed by atoms with van der Waals surface area (Å²) in [6.07, 6.45) is 2.45. The van der Waals surface area contributed by atoms with Crippen LogP contribution in [0, 0.1) is 0 Å². The molecular formula is C16H20N4O3. The van der Waals surface area contributed by atoms with Gasteiger partial charge in [0.1, 0.15) is 5.75 Å². The Kier molecular flexibility index (Phi) is 4.87. The monoisotopic (exact) mass is 316 g/mol. The van der Waals surface area contributed by atoms with E-state index in [1.807, 2.05) is 24.3 Å². The van der Waals surface area contributed by atoms with E-state index in [-0.39, 0.29) is 11.9 Å². The second-order valence-corrected chi connectivity index (χ2v) is 5.43. The van der Waals surface area contributed by atoms with Crippen molar-refractivity contribution < 1.29 is 14.1 Å². The second kappa shape index (κ2) is 7.23. The molecule has 0 radical (unpaired) electrons. The highest BCUT2D eigenvalue weighted by Crippen LogP contribution is 2.21. The molecule has 1 atom stereocenters. The van der Waals surface area contributed by atoms with E-state index in [9.17, 15) is 4.79 Å². The van der Waals surface area contributed by atoms with Crippen molar-refractivity contribution in [2.24, 2.45) is 0 Å². The highest BCUT2D eigenvalue weighted by molar-refractivity contribution is 5.81. The summed E-state index contributed by atoms with van der Waals surface area (Å²) < 4.78 is 10.4. The van der Waals surface area contributed by atoms with Crippen molar-refractivity contribution in [3.63, 3.8) is 0 Å². The lowest BCUT2D eigenvalue weighted by atomic mass is 10.2. The van der Waals surface area contributed by atoms with Crippen LogP contribution in [0.1, 0.15) is 18.7 Å². The van der Waals surface area contributed by atoms with Crippen molar-refractivity contribution in [2.75, 3.05) is 20.2 Å². The van der Waals surface area contributed by atoms with E-state index in [1.54, 1.807) is 7.11 Å². The van der Waals surface area contributed by atoms with Crippen LogP contribution in [0.2, 0.25) is 0 Å². The maximum atomic E-state index is 11.9. The molecule has 2 N–H and O–H groups in total. The fraction of sp³-hybridized carbons (Fsp3) is 0.438. The Morgan fingerprint density at radius 3 is 3.22 bits per heavy atom. The minimum absolute atomic E-state index is 0.0371. The smallest absolute Gasteiger partial charge is 0.237 e. The first-order chi connectivity index (χ1) is 11.3. The van der Waals surface area contributed by atoms with Crippen LogP contribution in [0.5, 0.6) is 5.75 Å². The summed E-state index contributed by atoms with van der Waals surface area (Å²) in [6, 6.07) is 7.41. The van der Waals surface area contributed by atoms with Crippen molar-refractivity contribution in [1.82, 2.24) is 20.8 Å². The molecule has 3 rings (SSSR count). The van der Waals surface area contributed by atoms with E-state index in [0.717, 1.165) is 30.7 Å². The topological polar surface area (TPSA) is 89.3 Å². The first kappa shape index (κ1) is 15.5. The van der Waals surface area contributed by atoms with Gasteiger partial charge in [-0.1, -0.05) is 17.3 Å². The number of aromatic nitrogens is 2. The number of methoxy groups -OCH3 is 1. The molecule has 0 saturated carbocycles. The zero-order valence-electron chi connectivity index (χ0n) is 13.0. The maximum absolute atomic E-state index is 11.9. The first-order valence-corrected chi connectivity index (χ1v) is 7.74. The molecule has 1 unspecified atom stereocenters. The zero-order valence-corrected chi connectivity index (χ0v) is 13.0. The number of amides is 1. The average Bonchev–Trinajstić information content (AvgIpc) is 3.26. The lowest BCUT2D eigenvalue weighted by Crippen LogP contribution is -2.41. The Labute approximate surface area is 134 Å². The maximum Gasteiger partial charge on any atom is 0.237 e. The van der Waals surface area contributed by atoms with Crippen molar-refractivity contribution in [2.45, 2.75) is 25.3 Å². The summed E-state index contributed by atoms with van der Waals surface area (Å²) in [4.78, 5) is 16.2. The van der Waals surface area contributed by atoms with Crippen LogP contribution in [0.25, 0.3) is 11.4 Å². The molecule has 7 nitrogen and oxygen atoms in total. The van der Waals surface area contributed by atoms with Crippen molar-refractivity contribution in [1.29, 1.82) is 0 Å². The van der Waals surface area contributed by atoms with Gasteiger partial charge in [-0.05, 0) is 31.5 Å². The lowest BCUT2D eigenvalue weighted by Gasteiger charge is -2.09. The Morgan fingerprint density at radius 1 is 1.52 bits per heavy atom. The number of benzene rings is 1. The molecule has 23 heavy (non-hydrogen) atoms. The van der Waals surface area contributed by atoms with Gasteiger partial charge in [0.05, 0.1) is 13.2 Å². The number of ether oxygens (including phenoxy) is 1. The third-order valence-electron chi connectivity index (χ3n) is 3.81. The standard InChI is InChI=1S/C16H20N4O3/c1-22-12-5-2-4-11(10-12)15-19-14(23-20-15)7-9-18-16(21)13-6-3-8-17-13/h2,4-5,10,13,17H,3,6-9H2,1H3,(H,18,21). The number of nitrogens with zero attached hydrogens (tertiary/aromatic N) is 2. The molecule has 7 heteroatoms. The molecule has 0 spiro atoms. The lowest BCUT2D eigenvalue weighted by molar-refractivity contribution is -0.122. The van der Waals surface area contributed by atoms with Gasteiger partial charge in [0.2, 0.25) is 17.6 Å². The van der Waals surface area contributed by atoms with Crippen LogP contribution in [0.4, 0.5) is 0 Å². The van der Waals surface area contributed by atoms with Gasteiger partial charge in [-0.2, -0.15) is 4.98 Å². The molecule has 2 aromatic rings. The fourth-order valence-corrected chi connectivity index (χ4v) is 2.56. The number of hydrogen-bond donors (Lipinski definition) is 2. The summed E-state index contributed by atoms with van der Waals surface area (Å²) in [5.74, 6) is 1.80. The summed E-state index contributed by atoms with van der Waals surface area (Å²) in [7, 11) is 1.61. The third kappa shape index (κ3) is 3.87. The molecule has 1 aromatic heterocycles.